The van der Waals surface area contributed by atoms with Crippen LogP contribution in [0.1, 0.15) is 64.7 Å². The predicted octanol–water partition coefficient (Wildman–Crippen LogP) is 2.38. The first-order valence-electron chi connectivity index (χ1n) is 7.11. The highest BCUT2D eigenvalue weighted by Crippen LogP contribution is 2.41. The first-order valence-corrected chi connectivity index (χ1v) is 7.11. The molecule has 2 N–H and O–H groups in total. The van der Waals surface area contributed by atoms with E-state index in [4.69, 9.17) is 0 Å². The number of amides is 1. The molecule has 0 aromatic rings. The van der Waals surface area contributed by atoms with Gasteiger partial charge in [-0.2, -0.15) is 0 Å². The van der Waals surface area contributed by atoms with E-state index in [0.717, 1.165) is 44.9 Å². The van der Waals surface area contributed by atoms with Crippen LogP contribution in [-0.4, -0.2) is 23.2 Å². The summed E-state index contributed by atoms with van der Waals surface area (Å²) in [7, 11) is 0. The lowest BCUT2D eigenvalue weighted by Crippen LogP contribution is -2.46. The second-order valence-electron chi connectivity index (χ2n) is 5.96. The molecule has 2 rings (SSSR count). The van der Waals surface area contributed by atoms with E-state index in [2.05, 4.69) is 12.2 Å². The number of carbonyl (C=O) groups excluding carboxylic acids is 1. The molecule has 0 unspecified atom stereocenters. The average Bonchev–Trinajstić information content (AvgIpc) is 2.96. The Morgan fingerprint density at radius 1 is 1.12 bits per heavy atom. The van der Waals surface area contributed by atoms with Gasteiger partial charge in [-0.25, -0.2) is 0 Å². The minimum absolute atomic E-state index is 0.130. The molecule has 0 spiro atoms. The summed E-state index contributed by atoms with van der Waals surface area (Å²) in [6.45, 7) is 2.56. The fraction of sp³-hybridized carbons (Fsp3) is 0.929. The Morgan fingerprint density at radius 3 is 2.18 bits per heavy atom. The summed E-state index contributed by atoms with van der Waals surface area (Å²) < 4.78 is 0. The number of carbonyl (C=O) groups is 1. The smallest absolute Gasteiger partial charge is 0.226 e. The summed E-state index contributed by atoms with van der Waals surface area (Å²) >= 11 is 0. The molecule has 0 heterocycles. The van der Waals surface area contributed by atoms with Gasteiger partial charge in [0.1, 0.15) is 0 Å². The first-order chi connectivity index (χ1) is 8.10. The summed E-state index contributed by atoms with van der Waals surface area (Å²) in [5.41, 5.74) is -0.752. The van der Waals surface area contributed by atoms with Gasteiger partial charge >= 0.3 is 0 Å². The zero-order valence-electron chi connectivity index (χ0n) is 10.9. The maximum Gasteiger partial charge on any atom is 0.226 e. The molecule has 3 nitrogen and oxygen atoms in total. The van der Waals surface area contributed by atoms with Crippen molar-refractivity contribution < 1.29 is 9.90 Å². The molecule has 2 saturated carbocycles. The predicted molar refractivity (Wildman–Crippen MR) is 67.6 cm³/mol. The minimum atomic E-state index is -0.622. The Kier molecular flexibility index (Phi) is 3.76. The third-order valence-corrected chi connectivity index (χ3v) is 4.83. The minimum Gasteiger partial charge on any atom is -0.388 e. The first kappa shape index (κ1) is 12.9. The van der Waals surface area contributed by atoms with Gasteiger partial charge in [-0.15, -0.1) is 0 Å². The fourth-order valence-corrected chi connectivity index (χ4v) is 3.44. The maximum absolute atomic E-state index is 12.3. The van der Waals surface area contributed by atoms with Crippen molar-refractivity contribution in [3.8, 4) is 0 Å². The van der Waals surface area contributed by atoms with Crippen LogP contribution in [0, 0.1) is 5.41 Å². The third-order valence-electron chi connectivity index (χ3n) is 4.83. The van der Waals surface area contributed by atoms with Gasteiger partial charge in [0.05, 0.1) is 5.60 Å². The van der Waals surface area contributed by atoms with Crippen LogP contribution in [-0.2, 0) is 4.79 Å². The van der Waals surface area contributed by atoms with Crippen LogP contribution in [0.4, 0.5) is 0 Å². The van der Waals surface area contributed by atoms with Crippen LogP contribution in [0.15, 0.2) is 0 Å². The molecule has 0 aliphatic heterocycles. The van der Waals surface area contributed by atoms with Crippen molar-refractivity contribution in [3.63, 3.8) is 0 Å². The Hall–Kier alpha value is -0.570. The van der Waals surface area contributed by atoms with Gasteiger partial charge in [-0.05, 0) is 32.1 Å². The zero-order chi connectivity index (χ0) is 12.4. The van der Waals surface area contributed by atoms with E-state index in [1.807, 2.05) is 0 Å². The highest BCUT2D eigenvalue weighted by Gasteiger charge is 2.40. The van der Waals surface area contributed by atoms with E-state index in [0.29, 0.717) is 6.54 Å². The van der Waals surface area contributed by atoms with Crippen LogP contribution >= 0.6 is 0 Å². The van der Waals surface area contributed by atoms with Crippen LogP contribution in [0.25, 0.3) is 0 Å². The van der Waals surface area contributed by atoms with Gasteiger partial charge in [-0.1, -0.05) is 32.6 Å². The number of aliphatic hydroxyl groups is 1. The molecule has 0 saturated heterocycles. The van der Waals surface area contributed by atoms with Crippen LogP contribution in [0.5, 0.6) is 0 Å². The Labute approximate surface area is 104 Å². The molecule has 2 aliphatic rings. The van der Waals surface area contributed by atoms with E-state index in [1.54, 1.807) is 0 Å². The molecule has 0 radical (unpaired) electrons. The summed E-state index contributed by atoms with van der Waals surface area (Å²) in [6, 6.07) is 0. The molecule has 2 fully saturated rings. The maximum atomic E-state index is 12.3. The van der Waals surface area contributed by atoms with Gasteiger partial charge < -0.3 is 10.4 Å². The standard InChI is InChI=1S/C14H25NO2/c1-2-13(7-3-4-8-13)12(16)15-11-14(17)9-5-6-10-14/h17H,2-11H2,1H3,(H,15,16). The van der Waals surface area contributed by atoms with Crippen molar-refractivity contribution in [2.24, 2.45) is 5.41 Å². The van der Waals surface area contributed by atoms with Gasteiger partial charge in [0.15, 0.2) is 0 Å². The third kappa shape index (κ3) is 2.65. The van der Waals surface area contributed by atoms with Gasteiger partial charge in [0.2, 0.25) is 5.91 Å². The fourth-order valence-electron chi connectivity index (χ4n) is 3.44. The lowest BCUT2D eigenvalue weighted by Gasteiger charge is -2.29. The van der Waals surface area contributed by atoms with Crippen molar-refractivity contribution >= 4 is 5.91 Å². The molecule has 98 valence electrons. The van der Waals surface area contributed by atoms with Crippen molar-refractivity contribution in [2.45, 2.75) is 70.3 Å². The monoisotopic (exact) mass is 239 g/mol. The normalized spacial score (nSPS) is 26.0. The van der Waals surface area contributed by atoms with E-state index in [-0.39, 0.29) is 11.3 Å². The number of rotatable bonds is 4. The van der Waals surface area contributed by atoms with Crippen LogP contribution in [0.2, 0.25) is 0 Å². The largest absolute Gasteiger partial charge is 0.388 e. The second-order valence-corrected chi connectivity index (χ2v) is 5.96. The molecule has 1 amide bonds. The van der Waals surface area contributed by atoms with E-state index in [1.165, 1.54) is 12.8 Å². The summed E-state index contributed by atoms with van der Waals surface area (Å²) in [5.74, 6) is 0.179. The molecule has 2 aliphatic carbocycles. The molecule has 0 bridgehead atoms. The highest BCUT2D eigenvalue weighted by atomic mass is 16.3. The van der Waals surface area contributed by atoms with Crippen LogP contribution < -0.4 is 5.32 Å². The van der Waals surface area contributed by atoms with Crippen molar-refractivity contribution in [2.75, 3.05) is 6.54 Å². The van der Waals surface area contributed by atoms with E-state index in [9.17, 15) is 9.90 Å². The Bertz CT molecular complexity index is 276. The van der Waals surface area contributed by atoms with E-state index >= 15 is 0 Å². The SMILES string of the molecule is CCC1(C(=O)NCC2(O)CCCC2)CCCC1. The molecular formula is C14H25NO2. The second kappa shape index (κ2) is 4.97. The lowest BCUT2D eigenvalue weighted by molar-refractivity contribution is -0.132. The lowest BCUT2D eigenvalue weighted by atomic mass is 9.82. The molecule has 0 atom stereocenters. The molecule has 0 aromatic heterocycles. The average molecular weight is 239 g/mol. The van der Waals surface area contributed by atoms with Gasteiger partial charge in [-0.3, -0.25) is 4.79 Å². The summed E-state index contributed by atoms with van der Waals surface area (Å²) in [5, 5.41) is 13.2. The van der Waals surface area contributed by atoms with E-state index < -0.39 is 5.60 Å². The number of hydrogen-bond donors (Lipinski definition) is 2. The van der Waals surface area contributed by atoms with Crippen molar-refractivity contribution in [1.82, 2.24) is 5.32 Å². The molecule has 0 aromatic carbocycles. The van der Waals surface area contributed by atoms with Crippen molar-refractivity contribution in [1.29, 1.82) is 0 Å². The number of hydrogen-bond acceptors (Lipinski definition) is 2. The topological polar surface area (TPSA) is 49.3 Å². The Balaban J connectivity index is 1.88. The van der Waals surface area contributed by atoms with Crippen LogP contribution in [0.3, 0.4) is 0 Å². The molecular weight excluding hydrogens is 214 g/mol. The summed E-state index contributed by atoms with van der Waals surface area (Å²) in [6.07, 6.45) is 9.17. The zero-order valence-corrected chi connectivity index (χ0v) is 10.9. The van der Waals surface area contributed by atoms with Crippen molar-refractivity contribution in [3.05, 3.63) is 0 Å². The molecule has 3 heteroatoms. The summed E-state index contributed by atoms with van der Waals surface area (Å²) in [4.78, 5) is 12.3. The Morgan fingerprint density at radius 2 is 1.65 bits per heavy atom. The quantitative estimate of drug-likeness (QED) is 0.791. The van der Waals surface area contributed by atoms with Gasteiger partial charge in [0, 0.05) is 12.0 Å². The highest BCUT2D eigenvalue weighted by molar-refractivity contribution is 5.82. The molecule has 17 heavy (non-hydrogen) atoms. The number of nitrogens with one attached hydrogen (secondary N) is 1. The van der Waals surface area contributed by atoms with Gasteiger partial charge in [0.25, 0.3) is 0 Å².